The highest BCUT2D eigenvalue weighted by Gasteiger charge is 2.22. The molecule has 7 heteroatoms. The Hall–Kier alpha value is -1.89. The van der Waals surface area contributed by atoms with Crippen LogP contribution in [0.15, 0.2) is 12.2 Å². The standard InChI is InChI=1S/C20H32O7/c1-15-9-7-5-3-2-4-6-8-10-17(16(21)11-13-19(24)26-15)27-20(25)14-12-18(22)23/h11,13,15-17,21H,2-10,12,14H2,1H3,(H,22,23)/b13-11+. The van der Waals surface area contributed by atoms with E-state index in [0.717, 1.165) is 57.4 Å². The molecule has 1 aliphatic rings. The number of carbonyl (C=O) groups is 3. The first kappa shape index (κ1) is 23.1. The SMILES string of the molecule is CC1CCCCCCCCCC(OC(=O)CCC(=O)O)C(O)/C=C/C(=O)O1. The van der Waals surface area contributed by atoms with Crippen molar-refractivity contribution < 1.29 is 34.1 Å². The maximum Gasteiger partial charge on any atom is 0.330 e. The average Bonchev–Trinajstić information content (AvgIpc) is 2.61. The first-order valence-electron chi connectivity index (χ1n) is 9.86. The smallest absolute Gasteiger partial charge is 0.330 e. The Morgan fingerprint density at radius 1 is 1.07 bits per heavy atom. The number of carboxylic acids is 1. The number of cyclic esters (lactones) is 1. The van der Waals surface area contributed by atoms with E-state index in [1.807, 2.05) is 6.92 Å². The highest BCUT2D eigenvalue weighted by atomic mass is 16.6. The normalized spacial score (nSPS) is 27.3. The summed E-state index contributed by atoms with van der Waals surface area (Å²) >= 11 is 0. The summed E-state index contributed by atoms with van der Waals surface area (Å²) in [6.07, 6.45) is 8.22. The molecule has 0 bridgehead atoms. The van der Waals surface area contributed by atoms with Gasteiger partial charge in [-0.3, -0.25) is 9.59 Å². The van der Waals surface area contributed by atoms with Gasteiger partial charge in [0.25, 0.3) is 0 Å². The zero-order valence-electron chi connectivity index (χ0n) is 16.1. The van der Waals surface area contributed by atoms with Crippen LogP contribution in [0.2, 0.25) is 0 Å². The highest BCUT2D eigenvalue weighted by molar-refractivity contribution is 5.82. The van der Waals surface area contributed by atoms with Crippen LogP contribution in [0.5, 0.6) is 0 Å². The molecule has 0 spiro atoms. The molecular weight excluding hydrogens is 352 g/mol. The lowest BCUT2D eigenvalue weighted by Gasteiger charge is -2.21. The molecule has 0 aliphatic carbocycles. The fraction of sp³-hybridized carbons (Fsp3) is 0.750. The Balaban J connectivity index is 2.69. The molecule has 0 aromatic rings. The van der Waals surface area contributed by atoms with E-state index in [4.69, 9.17) is 14.6 Å². The first-order chi connectivity index (χ1) is 12.9. The van der Waals surface area contributed by atoms with E-state index in [1.54, 1.807) is 0 Å². The molecule has 3 atom stereocenters. The van der Waals surface area contributed by atoms with E-state index < -0.39 is 30.1 Å². The van der Waals surface area contributed by atoms with Crippen LogP contribution in [0.3, 0.4) is 0 Å². The lowest BCUT2D eigenvalue weighted by atomic mass is 10.0. The first-order valence-corrected chi connectivity index (χ1v) is 9.86. The number of hydrogen-bond donors (Lipinski definition) is 2. The molecule has 0 saturated carbocycles. The predicted octanol–water partition coefficient (Wildman–Crippen LogP) is 3.14. The van der Waals surface area contributed by atoms with Crippen molar-refractivity contribution in [1.82, 2.24) is 0 Å². The molecule has 1 heterocycles. The Labute approximate surface area is 160 Å². The second-order valence-corrected chi connectivity index (χ2v) is 7.07. The van der Waals surface area contributed by atoms with Crippen LogP contribution in [-0.4, -0.2) is 46.4 Å². The van der Waals surface area contributed by atoms with Crippen LogP contribution in [0.4, 0.5) is 0 Å². The predicted molar refractivity (Wildman–Crippen MR) is 99.0 cm³/mol. The zero-order chi connectivity index (χ0) is 20.1. The Bertz CT molecular complexity index is 501. The van der Waals surface area contributed by atoms with Gasteiger partial charge in [0.2, 0.25) is 0 Å². The third-order valence-electron chi connectivity index (χ3n) is 4.55. The van der Waals surface area contributed by atoms with Gasteiger partial charge in [-0.15, -0.1) is 0 Å². The third-order valence-corrected chi connectivity index (χ3v) is 4.55. The van der Waals surface area contributed by atoms with Gasteiger partial charge in [-0.25, -0.2) is 4.79 Å². The van der Waals surface area contributed by atoms with Gasteiger partial charge in [0.05, 0.1) is 18.9 Å². The summed E-state index contributed by atoms with van der Waals surface area (Å²) in [4.78, 5) is 34.2. The van der Waals surface area contributed by atoms with Crippen LogP contribution < -0.4 is 0 Å². The molecule has 1 aliphatic heterocycles. The molecule has 0 aromatic carbocycles. The second kappa shape index (κ2) is 13.3. The zero-order valence-corrected chi connectivity index (χ0v) is 16.1. The molecule has 2 N–H and O–H groups in total. The number of aliphatic carboxylic acids is 1. The number of ether oxygens (including phenoxy) is 2. The minimum atomic E-state index is -1.14. The van der Waals surface area contributed by atoms with Crippen LogP contribution >= 0.6 is 0 Å². The summed E-state index contributed by atoms with van der Waals surface area (Å²) in [7, 11) is 0. The third kappa shape index (κ3) is 11.4. The van der Waals surface area contributed by atoms with Crippen molar-refractivity contribution >= 4 is 17.9 Å². The lowest BCUT2D eigenvalue weighted by Crippen LogP contribution is -2.30. The maximum atomic E-state index is 11.8. The number of carboxylic acid groups (broad SMARTS) is 1. The molecule has 1 rings (SSSR count). The van der Waals surface area contributed by atoms with Crippen molar-refractivity contribution in [2.45, 2.75) is 95.9 Å². The molecule has 0 radical (unpaired) electrons. The summed E-state index contributed by atoms with van der Waals surface area (Å²) in [6, 6.07) is 0. The van der Waals surface area contributed by atoms with Crippen LogP contribution in [0, 0.1) is 0 Å². The Kier molecular flexibility index (Phi) is 11.4. The molecule has 154 valence electrons. The fourth-order valence-electron chi connectivity index (χ4n) is 2.99. The number of aliphatic hydroxyl groups is 1. The summed E-state index contributed by atoms with van der Waals surface area (Å²) in [5.74, 6) is -2.28. The molecule has 7 nitrogen and oxygen atoms in total. The van der Waals surface area contributed by atoms with E-state index in [9.17, 15) is 19.5 Å². The van der Waals surface area contributed by atoms with Crippen molar-refractivity contribution in [2.24, 2.45) is 0 Å². The van der Waals surface area contributed by atoms with Crippen molar-refractivity contribution in [3.8, 4) is 0 Å². The minimum Gasteiger partial charge on any atom is -0.481 e. The number of rotatable bonds is 4. The van der Waals surface area contributed by atoms with Gasteiger partial charge in [0.1, 0.15) is 12.2 Å². The van der Waals surface area contributed by atoms with Crippen LogP contribution in [0.25, 0.3) is 0 Å². The second-order valence-electron chi connectivity index (χ2n) is 7.07. The monoisotopic (exact) mass is 384 g/mol. The highest BCUT2D eigenvalue weighted by Crippen LogP contribution is 2.17. The molecule has 0 aromatic heterocycles. The number of carbonyl (C=O) groups excluding carboxylic acids is 2. The Morgan fingerprint density at radius 2 is 1.67 bits per heavy atom. The van der Waals surface area contributed by atoms with Gasteiger partial charge >= 0.3 is 17.9 Å². The fourth-order valence-corrected chi connectivity index (χ4v) is 2.99. The van der Waals surface area contributed by atoms with Gasteiger partial charge in [-0.2, -0.15) is 0 Å². The largest absolute Gasteiger partial charge is 0.481 e. The van der Waals surface area contributed by atoms with Gasteiger partial charge < -0.3 is 19.7 Å². The van der Waals surface area contributed by atoms with E-state index in [0.29, 0.717) is 6.42 Å². The number of aliphatic hydroxyl groups excluding tert-OH is 1. The van der Waals surface area contributed by atoms with Crippen molar-refractivity contribution in [3.63, 3.8) is 0 Å². The van der Waals surface area contributed by atoms with E-state index in [1.165, 1.54) is 6.08 Å². The summed E-state index contributed by atoms with van der Waals surface area (Å²) < 4.78 is 10.5. The molecule has 0 saturated heterocycles. The van der Waals surface area contributed by atoms with Gasteiger partial charge in [0.15, 0.2) is 0 Å². The summed E-state index contributed by atoms with van der Waals surface area (Å²) in [5.41, 5.74) is 0. The van der Waals surface area contributed by atoms with Gasteiger partial charge in [-0.1, -0.05) is 32.1 Å². The quantitative estimate of drug-likeness (QED) is 0.716. The lowest BCUT2D eigenvalue weighted by molar-refractivity contribution is -0.156. The van der Waals surface area contributed by atoms with E-state index >= 15 is 0 Å². The van der Waals surface area contributed by atoms with Crippen molar-refractivity contribution in [2.75, 3.05) is 0 Å². The van der Waals surface area contributed by atoms with Gasteiger partial charge in [0, 0.05) is 6.08 Å². The van der Waals surface area contributed by atoms with Crippen molar-refractivity contribution in [1.29, 1.82) is 0 Å². The molecule has 0 fully saturated rings. The summed E-state index contributed by atoms with van der Waals surface area (Å²) in [5, 5.41) is 19.0. The maximum absolute atomic E-state index is 11.8. The van der Waals surface area contributed by atoms with E-state index in [-0.39, 0.29) is 18.9 Å². The Morgan fingerprint density at radius 3 is 2.30 bits per heavy atom. The topological polar surface area (TPSA) is 110 Å². The molecule has 27 heavy (non-hydrogen) atoms. The number of hydrogen-bond acceptors (Lipinski definition) is 6. The summed E-state index contributed by atoms with van der Waals surface area (Å²) in [6.45, 7) is 1.85. The van der Waals surface area contributed by atoms with Crippen molar-refractivity contribution in [3.05, 3.63) is 12.2 Å². The molecule has 3 unspecified atom stereocenters. The van der Waals surface area contributed by atoms with E-state index in [2.05, 4.69) is 0 Å². The van der Waals surface area contributed by atoms with Crippen LogP contribution in [0.1, 0.15) is 77.6 Å². The van der Waals surface area contributed by atoms with Crippen LogP contribution in [-0.2, 0) is 23.9 Å². The number of esters is 2. The molecule has 0 amide bonds. The minimum absolute atomic E-state index is 0.183. The average molecular weight is 384 g/mol. The molecular formula is C20H32O7. The van der Waals surface area contributed by atoms with Gasteiger partial charge in [-0.05, 0) is 38.7 Å².